The molecule has 2 heterocycles. The lowest BCUT2D eigenvalue weighted by Crippen LogP contribution is -2.13. The number of carboxylic acids is 1. The summed E-state index contributed by atoms with van der Waals surface area (Å²) in [7, 11) is 0. The number of nitrogen functional groups attached to an aromatic ring is 1. The molecule has 7 nitrogen and oxygen atoms in total. The molecule has 2 aromatic heterocycles. The van der Waals surface area contributed by atoms with Gasteiger partial charge in [0.1, 0.15) is 0 Å². The summed E-state index contributed by atoms with van der Waals surface area (Å²) < 4.78 is 1.71. The summed E-state index contributed by atoms with van der Waals surface area (Å²) in [5, 5.41) is 13.5. The Balaban J connectivity index is 2.32. The van der Waals surface area contributed by atoms with Crippen molar-refractivity contribution in [1.29, 1.82) is 0 Å². The molecular weight excluding hydrogens is 258 g/mol. The zero-order valence-electron chi connectivity index (χ0n) is 11.3. The molecule has 2 aromatic rings. The van der Waals surface area contributed by atoms with E-state index in [1.54, 1.807) is 10.9 Å². The minimum absolute atomic E-state index is 0.0407. The van der Waals surface area contributed by atoms with Gasteiger partial charge in [0, 0.05) is 17.8 Å². The number of hydrogen-bond acceptors (Lipinski definition) is 5. The number of aromatic carboxylic acids is 1. The number of aromatic nitrogens is 4. The second-order valence-electron chi connectivity index (χ2n) is 5.12. The molecule has 0 fully saturated rings. The van der Waals surface area contributed by atoms with Gasteiger partial charge in [-0.25, -0.2) is 14.8 Å². The third-order valence-corrected chi connectivity index (χ3v) is 3.45. The third-order valence-electron chi connectivity index (χ3n) is 3.45. The minimum atomic E-state index is -1.01. The monoisotopic (exact) mass is 273 g/mol. The van der Waals surface area contributed by atoms with Gasteiger partial charge < -0.3 is 10.8 Å². The lowest BCUT2D eigenvalue weighted by Gasteiger charge is -2.18. The molecule has 0 atom stereocenters. The fourth-order valence-corrected chi connectivity index (χ4v) is 2.57. The largest absolute Gasteiger partial charge is 0.476 e. The van der Waals surface area contributed by atoms with E-state index in [2.05, 4.69) is 15.1 Å². The Morgan fingerprint density at radius 1 is 1.45 bits per heavy atom. The molecule has 0 aromatic carbocycles. The molecule has 7 heteroatoms. The number of nitrogens with zero attached hydrogens (tertiary/aromatic N) is 4. The molecule has 0 saturated heterocycles. The van der Waals surface area contributed by atoms with E-state index in [9.17, 15) is 9.90 Å². The Morgan fingerprint density at radius 2 is 2.20 bits per heavy atom. The summed E-state index contributed by atoms with van der Waals surface area (Å²) in [6, 6.07) is 0.0407. The highest BCUT2D eigenvalue weighted by atomic mass is 16.4. The van der Waals surface area contributed by atoms with Crippen LogP contribution in [0.15, 0.2) is 6.20 Å². The average Bonchev–Trinajstić information content (AvgIpc) is 2.78. The van der Waals surface area contributed by atoms with Crippen molar-refractivity contribution < 1.29 is 9.90 Å². The number of hydrogen-bond donors (Lipinski definition) is 2. The smallest absolute Gasteiger partial charge is 0.356 e. The van der Waals surface area contributed by atoms with Gasteiger partial charge in [-0.15, -0.1) is 0 Å². The van der Waals surface area contributed by atoms with E-state index in [0.717, 1.165) is 16.8 Å². The van der Waals surface area contributed by atoms with Crippen molar-refractivity contribution in [3.63, 3.8) is 0 Å². The van der Waals surface area contributed by atoms with Crippen LogP contribution in [0.5, 0.6) is 0 Å². The standard InChI is InChI=1S/C13H15N5O2/c1-6(2)18-11-8(10(17-18)12(19)20)4-3-7-5-15-13(14)16-9(7)11/h5-6H,3-4H2,1-2H3,(H,19,20)(H2,14,15,16). The molecule has 20 heavy (non-hydrogen) atoms. The topological polar surface area (TPSA) is 107 Å². The first-order chi connectivity index (χ1) is 9.49. The Bertz CT molecular complexity index is 705. The van der Waals surface area contributed by atoms with Crippen LogP contribution in [-0.4, -0.2) is 30.8 Å². The number of carboxylic acid groups (broad SMARTS) is 1. The van der Waals surface area contributed by atoms with Crippen LogP contribution in [-0.2, 0) is 12.8 Å². The van der Waals surface area contributed by atoms with Crippen LogP contribution in [0.1, 0.15) is 41.5 Å². The zero-order chi connectivity index (χ0) is 14.4. The van der Waals surface area contributed by atoms with Gasteiger partial charge in [-0.3, -0.25) is 4.68 Å². The van der Waals surface area contributed by atoms with Gasteiger partial charge in [0.25, 0.3) is 0 Å². The van der Waals surface area contributed by atoms with Crippen LogP contribution in [0.25, 0.3) is 11.4 Å². The second kappa shape index (κ2) is 4.29. The SMILES string of the molecule is CC(C)n1nc(C(=O)O)c2c1-c1nc(N)ncc1CC2. The molecule has 0 amide bonds. The van der Waals surface area contributed by atoms with E-state index >= 15 is 0 Å². The van der Waals surface area contributed by atoms with Gasteiger partial charge in [0.05, 0.1) is 11.4 Å². The highest BCUT2D eigenvalue weighted by Crippen LogP contribution is 2.35. The summed E-state index contributed by atoms with van der Waals surface area (Å²) in [4.78, 5) is 19.6. The number of aryl methyl sites for hydroxylation is 1. The maximum atomic E-state index is 11.4. The normalized spacial score (nSPS) is 13.2. The average molecular weight is 273 g/mol. The Hall–Kier alpha value is -2.44. The molecule has 0 radical (unpaired) electrons. The van der Waals surface area contributed by atoms with Crippen LogP contribution in [0.4, 0.5) is 5.95 Å². The van der Waals surface area contributed by atoms with Gasteiger partial charge in [-0.1, -0.05) is 0 Å². The lowest BCUT2D eigenvalue weighted by molar-refractivity contribution is 0.0688. The minimum Gasteiger partial charge on any atom is -0.476 e. The molecule has 0 aliphatic heterocycles. The molecule has 0 bridgehead atoms. The van der Waals surface area contributed by atoms with Gasteiger partial charge in [-0.05, 0) is 32.3 Å². The molecule has 104 valence electrons. The molecular formula is C13H15N5O2. The summed E-state index contributed by atoms with van der Waals surface area (Å²) in [5.74, 6) is -0.823. The number of nitrogens with two attached hydrogens (primary N) is 1. The fourth-order valence-electron chi connectivity index (χ4n) is 2.57. The molecule has 1 aliphatic carbocycles. The molecule has 0 spiro atoms. The molecule has 0 unspecified atom stereocenters. The molecule has 0 saturated carbocycles. The van der Waals surface area contributed by atoms with Crippen LogP contribution in [0, 0.1) is 0 Å². The van der Waals surface area contributed by atoms with Crippen molar-refractivity contribution in [2.45, 2.75) is 32.7 Å². The van der Waals surface area contributed by atoms with E-state index in [0.29, 0.717) is 18.5 Å². The first-order valence-electron chi connectivity index (χ1n) is 6.45. The van der Waals surface area contributed by atoms with E-state index < -0.39 is 5.97 Å². The maximum Gasteiger partial charge on any atom is 0.356 e. The Labute approximate surface area is 115 Å². The van der Waals surface area contributed by atoms with Gasteiger partial charge in [-0.2, -0.15) is 5.10 Å². The van der Waals surface area contributed by atoms with Crippen molar-refractivity contribution in [3.8, 4) is 11.4 Å². The van der Waals surface area contributed by atoms with Gasteiger partial charge >= 0.3 is 5.97 Å². The lowest BCUT2D eigenvalue weighted by atomic mass is 9.93. The Morgan fingerprint density at radius 3 is 2.85 bits per heavy atom. The highest BCUT2D eigenvalue weighted by molar-refractivity contribution is 5.90. The molecule has 3 N–H and O–H groups in total. The predicted octanol–water partition coefficient (Wildman–Crippen LogP) is 1.30. The van der Waals surface area contributed by atoms with E-state index in [-0.39, 0.29) is 17.7 Å². The van der Waals surface area contributed by atoms with Gasteiger partial charge in [0.2, 0.25) is 5.95 Å². The first kappa shape index (κ1) is 12.6. The Kier molecular flexibility index (Phi) is 2.70. The number of rotatable bonds is 2. The predicted molar refractivity (Wildman–Crippen MR) is 72.4 cm³/mol. The quantitative estimate of drug-likeness (QED) is 0.854. The summed E-state index contributed by atoms with van der Waals surface area (Å²) in [5.41, 5.74) is 8.94. The van der Waals surface area contributed by atoms with Crippen LogP contribution in [0.3, 0.4) is 0 Å². The fraction of sp³-hybridized carbons (Fsp3) is 0.385. The van der Waals surface area contributed by atoms with Crippen molar-refractivity contribution in [3.05, 3.63) is 23.0 Å². The molecule has 3 rings (SSSR count). The summed E-state index contributed by atoms with van der Waals surface area (Å²) >= 11 is 0. The summed E-state index contributed by atoms with van der Waals surface area (Å²) in [6.07, 6.45) is 3.04. The van der Waals surface area contributed by atoms with Crippen molar-refractivity contribution in [1.82, 2.24) is 19.7 Å². The van der Waals surface area contributed by atoms with E-state index in [1.807, 2.05) is 13.8 Å². The van der Waals surface area contributed by atoms with E-state index in [1.165, 1.54) is 0 Å². The zero-order valence-corrected chi connectivity index (χ0v) is 11.3. The number of anilines is 1. The first-order valence-corrected chi connectivity index (χ1v) is 6.45. The number of carbonyl (C=O) groups is 1. The number of fused-ring (bicyclic) bond motifs is 3. The van der Waals surface area contributed by atoms with E-state index in [4.69, 9.17) is 5.73 Å². The van der Waals surface area contributed by atoms with Crippen molar-refractivity contribution in [2.24, 2.45) is 0 Å². The van der Waals surface area contributed by atoms with Crippen LogP contribution in [0.2, 0.25) is 0 Å². The van der Waals surface area contributed by atoms with Crippen LogP contribution < -0.4 is 5.73 Å². The maximum absolute atomic E-state index is 11.4. The molecule has 1 aliphatic rings. The highest BCUT2D eigenvalue weighted by Gasteiger charge is 2.30. The van der Waals surface area contributed by atoms with Crippen molar-refractivity contribution >= 4 is 11.9 Å². The van der Waals surface area contributed by atoms with Gasteiger partial charge in [0.15, 0.2) is 5.69 Å². The summed E-state index contributed by atoms with van der Waals surface area (Å²) in [6.45, 7) is 3.91. The second-order valence-corrected chi connectivity index (χ2v) is 5.12. The van der Waals surface area contributed by atoms with Crippen molar-refractivity contribution in [2.75, 3.05) is 5.73 Å². The van der Waals surface area contributed by atoms with Crippen LogP contribution >= 0.6 is 0 Å². The third kappa shape index (κ3) is 1.74.